The Bertz CT molecular complexity index is 385. The van der Waals surface area contributed by atoms with Crippen LogP contribution in [-0.2, 0) is 6.54 Å². The van der Waals surface area contributed by atoms with Crippen LogP contribution in [0.1, 0.15) is 28.1 Å². The normalized spacial score (nSPS) is 17.3. The average molecular weight is 240 g/mol. The number of nitrogens with one attached hydrogen (secondary N) is 1. The molecule has 5 heteroatoms. The lowest BCUT2D eigenvalue weighted by atomic mass is 10.1. The molecule has 0 unspecified atom stereocenters. The summed E-state index contributed by atoms with van der Waals surface area (Å²) >= 11 is 1.53. The molecule has 0 saturated heterocycles. The Morgan fingerprint density at radius 2 is 2.38 bits per heavy atom. The van der Waals surface area contributed by atoms with Crippen LogP contribution in [0.25, 0.3) is 0 Å². The molecule has 1 amide bonds. The number of rotatable bonds is 6. The molecule has 0 spiro atoms. The van der Waals surface area contributed by atoms with Gasteiger partial charge in [-0.1, -0.05) is 0 Å². The van der Waals surface area contributed by atoms with Gasteiger partial charge in [0, 0.05) is 35.4 Å². The standard InChI is InChI=1S/C11H16N2O2S/c12-10(15)8-3-9(16-5-8)4-13-6-11(7-14)1-2-11/h3,5,13-14H,1-2,4,6-7H2,(H2,12,15). The minimum atomic E-state index is -0.378. The van der Waals surface area contributed by atoms with E-state index in [2.05, 4.69) is 5.32 Å². The second-order valence-corrected chi connectivity index (χ2v) is 5.42. The quantitative estimate of drug-likeness (QED) is 0.685. The number of thiophene rings is 1. The third-order valence-electron chi connectivity index (χ3n) is 3.03. The molecule has 1 fully saturated rings. The molecular weight excluding hydrogens is 224 g/mol. The molecule has 4 nitrogen and oxygen atoms in total. The van der Waals surface area contributed by atoms with E-state index < -0.39 is 0 Å². The van der Waals surface area contributed by atoms with Gasteiger partial charge in [0.15, 0.2) is 0 Å². The van der Waals surface area contributed by atoms with Crippen LogP contribution in [0.4, 0.5) is 0 Å². The molecule has 0 aliphatic heterocycles. The van der Waals surface area contributed by atoms with Gasteiger partial charge in [-0.3, -0.25) is 4.79 Å². The molecular formula is C11H16N2O2S. The highest BCUT2D eigenvalue weighted by Crippen LogP contribution is 2.44. The van der Waals surface area contributed by atoms with Crippen LogP contribution in [-0.4, -0.2) is 24.2 Å². The van der Waals surface area contributed by atoms with E-state index in [-0.39, 0.29) is 17.9 Å². The average Bonchev–Trinajstić information content (AvgIpc) is 2.88. The SMILES string of the molecule is NC(=O)c1csc(CNCC2(CO)CC2)c1. The van der Waals surface area contributed by atoms with Gasteiger partial charge in [-0.05, 0) is 18.9 Å². The van der Waals surface area contributed by atoms with E-state index in [1.54, 1.807) is 5.38 Å². The molecule has 0 atom stereocenters. The van der Waals surface area contributed by atoms with Crippen LogP contribution in [0.2, 0.25) is 0 Å². The third kappa shape index (κ3) is 2.61. The molecule has 4 N–H and O–H groups in total. The van der Waals surface area contributed by atoms with Crippen LogP contribution in [0, 0.1) is 5.41 Å². The van der Waals surface area contributed by atoms with Crippen molar-refractivity contribution in [2.24, 2.45) is 11.1 Å². The molecule has 0 bridgehead atoms. The molecule has 1 aliphatic rings. The molecule has 1 aromatic heterocycles. The van der Waals surface area contributed by atoms with E-state index in [1.165, 1.54) is 11.3 Å². The van der Waals surface area contributed by atoms with Crippen molar-refractivity contribution in [1.82, 2.24) is 5.32 Å². The minimum Gasteiger partial charge on any atom is -0.396 e. The largest absolute Gasteiger partial charge is 0.396 e. The molecule has 1 aromatic rings. The van der Waals surface area contributed by atoms with Gasteiger partial charge < -0.3 is 16.2 Å². The number of hydrogen-bond acceptors (Lipinski definition) is 4. The maximum absolute atomic E-state index is 10.9. The van der Waals surface area contributed by atoms with Crippen LogP contribution < -0.4 is 11.1 Å². The van der Waals surface area contributed by atoms with E-state index >= 15 is 0 Å². The van der Waals surface area contributed by atoms with Crippen molar-refractivity contribution in [3.8, 4) is 0 Å². The highest BCUT2D eigenvalue weighted by molar-refractivity contribution is 7.10. The number of nitrogens with two attached hydrogens (primary N) is 1. The Balaban J connectivity index is 1.79. The first-order valence-electron chi connectivity index (χ1n) is 5.34. The van der Waals surface area contributed by atoms with Crippen molar-refractivity contribution in [3.63, 3.8) is 0 Å². The molecule has 0 aromatic carbocycles. The second kappa shape index (κ2) is 4.53. The van der Waals surface area contributed by atoms with Gasteiger partial charge >= 0.3 is 0 Å². The maximum Gasteiger partial charge on any atom is 0.249 e. The lowest BCUT2D eigenvalue weighted by Gasteiger charge is -2.11. The van der Waals surface area contributed by atoms with E-state index in [4.69, 9.17) is 10.8 Å². The van der Waals surface area contributed by atoms with Crippen molar-refractivity contribution in [2.45, 2.75) is 19.4 Å². The number of aliphatic hydroxyl groups excluding tert-OH is 1. The Kier molecular flexibility index (Phi) is 3.28. The van der Waals surface area contributed by atoms with E-state index in [0.717, 1.165) is 30.8 Å². The summed E-state index contributed by atoms with van der Waals surface area (Å²) in [7, 11) is 0. The number of carbonyl (C=O) groups excluding carboxylic acids is 1. The van der Waals surface area contributed by atoms with Crippen molar-refractivity contribution < 1.29 is 9.90 Å². The summed E-state index contributed by atoms with van der Waals surface area (Å²) in [6.45, 7) is 1.84. The summed E-state index contributed by atoms with van der Waals surface area (Å²) in [4.78, 5) is 12.0. The number of hydrogen-bond donors (Lipinski definition) is 3. The first-order chi connectivity index (χ1) is 7.65. The fourth-order valence-corrected chi connectivity index (χ4v) is 2.46. The molecule has 16 heavy (non-hydrogen) atoms. The number of aliphatic hydroxyl groups is 1. The van der Waals surface area contributed by atoms with Crippen molar-refractivity contribution in [2.75, 3.05) is 13.2 Å². The van der Waals surface area contributed by atoms with Gasteiger partial charge in [0.25, 0.3) is 0 Å². The highest BCUT2D eigenvalue weighted by atomic mass is 32.1. The van der Waals surface area contributed by atoms with Gasteiger partial charge in [0.05, 0.1) is 5.56 Å². The Labute approximate surface area is 98.5 Å². The summed E-state index contributed by atoms with van der Waals surface area (Å²) in [6, 6.07) is 1.82. The minimum absolute atomic E-state index is 0.129. The van der Waals surface area contributed by atoms with Gasteiger partial charge in [-0.15, -0.1) is 11.3 Å². The first kappa shape index (κ1) is 11.6. The Hall–Kier alpha value is -0.910. The lowest BCUT2D eigenvalue weighted by molar-refractivity contribution is 0.100. The number of carbonyl (C=O) groups is 1. The fraction of sp³-hybridized carbons (Fsp3) is 0.545. The molecule has 1 aliphatic carbocycles. The molecule has 88 valence electrons. The Morgan fingerprint density at radius 3 is 2.88 bits per heavy atom. The van der Waals surface area contributed by atoms with Crippen LogP contribution in [0.5, 0.6) is 0 Å². The molecule has 2 rings (SSSR count). The zero-order valence-corrected chi connectivity index (χ0v) is 9.85. The first-order valence-corrected chi connectivity index (χ1v) is 6.22. The molecule has 1 saturated carbocycles. The summed E-state index contributed by atoms with van der Waals surface area (Å²) in [5.74, 6) is -0.378. The molecule has 0 radical (unpaired) electrons. The zero-order chi connectivity index (χ0) is 11.6. The van der Waals surface area contributed by atoms with Gasteiger partial charge in [0.2, 0.25) is 5.91 Å². The Morgan fingerprint density at radius 1 is 1.62 bits per heavy atom. The summed E-state index contributed by atoms with van der Waals surface area (Å²) in [5, 5.41) is 14.2. The summed E-state index contributed by atoms with van der Waals surface area (Å²) in [6.07, 6.45) is 2.21. The fourth-order valence-electron chi connectivity index (χ4n) is 1.62. The zero-order valence-electron chi connectivity index (χ0n) is 9.03. The van der Waals surface area contributed by atoms with Crippen molar-refractivity contribution >= 4 is 17.2 Å². The van der Waals surface area contributed by atoms with Gasteiger partial charge in [0.1, 0.15) is 0 Å². The predicted molar refractivity (Wildman–Crippen MR) is 63.3 cm³/mol. The van der Waals surface area contributed by atoms with Crippen molar-refractivity contribution in [3.05, 3.63) is 21.9 Å². The smallest absolute Gasteiger partial charge is 0.249 e. The van der Waals surface area contributed by atoms with E-state index in [1.807, 2.05) is 6.07 Å². The summed E-state index contributed by atoms with van der Waals surface area (Å²) < 4.78 is 0. The van der Waals surface area contributed by atoms with E-state index in [9.17, 15) is 4.79 Å². The maximum atomic E-state index is 10.9. The molecule has 1 heterocycles. The third-order valence-corrected chi connectivity index (χ3v) is 3.97. The van der Waals surface area contributed by atoms with Gasteiger partial charge in [-0.2, -0.15) is 0 Å². The van der Waals surface area contributed by atoms with Crippen molar-refractivity contribution in [1.29, 1.82) is 0 Å². The second-order valence-electron chi connectivity index (χ2n) is 4.43. The van der Waals surface area contributed by atoms with Crippen LogP contribution in [0.15, 0.2) is 11.4 Å². The highest BCUT2D eigenvalue weighted by Gasteiger charge is 2.41. The summed E-state index contributed by atoms with van der Waals surface area (Å²) in [5.41, 5.74) is 5.87. The predicted octanol–water partition coefficient (Wildman–Crippen LogP) is 0.709. The van der Waals surface area contributed by atoms with Crippen LogP contribution in [0.3, 0.4) is 0 Å². The number of primary amides is 1. The monoisotopic (exact) mass is 240 g/mol. The number of amides is 1. The van der Waals surface area contributed by atoms with E-state index in [0.29, 0.717) is 5.56 Å². The lowest BCUT2D eigenvalue weighted by Crippen LogP contribution is -2.25. The van der Waals surface area contributed by atoms with Gasteiger partial charge in [-0.25, -0.2) is 0 Å². The topological polar surface area (TPSA) is 75.4 Å². The van der Waals surface area contributed by atoms with Crippen LogP contribution >= 0.6 is 11.3 Å².